The second kappa shape index (κ2) is 10.2. The molecule has 180 valence electrons. The highest BCUT2D eigenvalue weighted by atomic mass is 35.5. The van der Waals surface area contributed by atoms with E-state index in [-0.39, 0.29) is 18.0 Å². The van der Waals surface area contributed by atoms with Crippen molar-refractivity contribution >= 4 is 63.6 Å². The summed E-state index contributed by atoms with van der Waals surface area (Å²) in [5.74, 6) is 0.346. The maximum Gasteiger partial charge on any atom is 0.283 e. The zero-order valence-electron chi connectivity index (χ0n) is 19.0. The Morgan fingerprint density at radius 2 is 1.83 bits per heavy atom. The van der Waals surface area contributed by atoms with Gasteiger partial charge in [0.05, 0.1) is 23.4 Å². The number of carbonyl (C=O) groups is 1. The molecular formula is C27H19Cl2N3O3S. The van der Waals surface area contributed by atoms with Gasteiger partial charge < -0.3 is 9.47 Å². The molecule has 0 radical (unpaired) electrons. The molecule has 3 aromatic carbocycles. The molecule has 2 aliphatic rings. The van der Waals surface area contributed by atoms with Gasteiger partial charge in [0.2, 0.25) is 0 Å². The molecule has 0 unspecified atom stereocenters. The van der Waals surface area contributed by atoms with Crippen molar-refractivity contribution in [1.29, 1.82) is 5.41 Å². The first-order valence-corrected chi connectivity index (χ1v) is 12.5. The molecule has 3 aromatic rings. The van der Waals surface area contributed by atoms with E-state index in [1.165, 1.54) is 18.9 Å². The monoisotopic (exact) mass is 535 g/mol. The number of benzene rings is 3. The summed E-state index contributed by atoms with van der Waals surface area (Å²) in [5.41, 5.74) is 3.38. The van der Waals surface area contributed by atoms with Crippen LogP contribution in [0.4, 0.5) is 0 Å². The largest absolute Gasteiger partial charge is 0.493 e. The molecule has 2 aliphatic heterocycles. The minimum atomic E-state index is -0.486. The van der Waals surface area contributed by atoms with Gasteiger partial charge in [-0.15, -0.1) is 0 Å². The molecule has 1 N–H and O–H groups in total. The zero-order valence-corrected chi connectivity index (χ0v) is 21.3. The van der Waals surface area contributed by atoms with Crippen LogP contribution in [0.2, 0.25) is 10.0 Å². The van der Waals surface area contributed by atoms with Crippen molar-refractivity contribution in [3.8, 4) is 11.5 Å². The first kappa shape index (κ1) is 24.2. The van der Waals surface area contributed by atoms with Crippen LogP contribution >= 0.6 is 35.0 Å². The molecule has 0 atom stereocenters. The van der Waals surface area contributed by atoms with Crippen LogP contribution in [0.5, 0.6) is 11.5 Å². The van der Waals surface area contributed by atoms with Gasteiger partial charge >= 0.3 is 0 Å². The first-order chi connectivity index (χ1) is 17.4. The van der Waals surface area contributed by atoms with Gasteiger partial charge in [-0.3, -0.25) is 15.1 Å². The normalized spacial score (nSPS) is 16.1. The zero-order chi connectivity index (χ0) is 25.2. The predicted molar refractivity (Wildman–Crippen MR) is 146 cm³/mol. The van der Waals surface area contributed by atoms with E-state index in [1.54, 1.807) is 35.2 Å². The summed E-state index contributed by atoms with van der Waals surface area (Å²) in [7, 11) is 1.51. The fourth-order valence-electron chi connectivity index (χ4n) is 3.78. The molecular weight excluding hydrogens is 517 g/mol. The highest BCUT2D eigenvalue weighted by Gasteiger charge is 2.36. The molecule has 0 aliphatic carbocycles. The number of carbonyl (C=O) groups excluding carboxylic acids is 1. The van der Waals surface area contributed by atoms with Crippen molar-refractivity contribution in [2.75, 3.05) is 7.11 Å². The average molecular weight is 536 g/mol. The number of amidine groups is 2. The number of nitrogens with one attached hydrogen (secondary N) is 1. The molecule has 0 bridgehead atoms. The van der Waals surface area contributed by atoms with Crippen LogP contribution in [0.3, 0.4) is 0 Å². The number of ether oxygens (including phenoxy) is 2. The number of nitrogens with zero attached hydrogens (tertiary/aromatic N) is 2. The van der Waals surface area contributed by atoms with Crippen molar-refractivity contribution in [3.63, 3.8) is 0 Å². The predicted octanol–water partition coefficient (Wildman–Crippen LogP) is 6.89. The molecule has 1 amide bonds. The van der Waals surface area contributed by atoms with Crippen LogP contribution in [0.25, 0.3) is 11.8 Å². The molecule has 0 aromatic heterocycles. The number of fused-ring (bicyclic) bond motifs is 1. The van der Waals surface area contributed by atoms with Gasteiger partial charge in [-0.1, -0.05) is 77.4 Å². The van der Waals surface area contributed by atoms with E-state index in [9.17, 15) is 4.79 Å². The molecule has 2 heterocycles. The minimum Gasteiger partial charge on any atom is -0.493 e. The minimum absolute atomic E-state index is 0.0447. The van der Waals surface area contributed by atoms with E-state index in [0.29, 0.717) is 32.3 Å². The lowest BCUT2D eigenvalue weighted by atomic mass is 10.1. The molecule has 0 saturated carbocycles. The van der Waals surface area contributed by atoms with Crippen molar-refractivity contribution in [2.45, 2.75) is 6.61 Å². The lowest BCUT2D eigenvalue weighted by Crippen LogP contribution is -2.38. The summed E-state index contributed by atoms with van der Waals surface area (Å²) in [6.45, 7) is 0.273. The Balaban J connectivity index is 1.43. The number of rotatable bonds is 6. The summed E-state index contributed by atoms with van der Waals surface area (Å²) in [6, 6.07) is 20.4. The summed E-state index contributed by atoms with van der Waals surface area (Å²) in [4.78, 5) is 18.7. The summed E-state index contributed by atoms with van der Waals surface area (Å²) in [5, 5.41) is 12.1. The lowest BCUT2D eigenvalue weighted by Gasteiger charge is -2.27. The van der Waals surface area contributed by atoms with Gasteiger partial charge in [-0.2, -0.15) is 4.99 Å². The van der Waals surface area contributed by atoms with Crippen molar-refractivity contribution in [3.05, 3.63) is 104 Å². The average Bonchev–Trinajstić information content (AvgIpc) is 3.31. The molecule has 0 spiro atoms. The highest BCUT2D eigenvalue weighted by molar-refractivity contribution is 8.17. The molecule has 9 heteroatoms. The molecule has 36 heavy (non-hydrogen) atoms. The first-order valence-electron chi connectivity index (χ1n) is 10.9. The number of methoxy groups -OCH3 is 1. The Bertz CT molecular complexity index is 1450. The van der Waals surface area contributed by atoms with Crippen LogP contribution < -0.4 is 9.47 Å². The quantitative estimate of drug-likeness (QED) is 0.348. The van der Waals surface area contributed by atoms with E-state index in [4.69, 9.17) is 38.1 Å². The molecule has 0 saturated heterocycles. The van der Waals surface area contributed by atoms with Crippen LogP contribution in [-0.2, 0) is 11.4 Å². The van der Waals surface area contributed by atoms with Crippen molar-refractivity contribution in [1.82, 2.24) is 4.90 Å². The number of amides is 1. The maximum atomic E-state index is 12.8. The Morgan fingerprint density at radius 1 is 1.08 bits per heavy atom. The van der Waals surface area contributed by atoms with E-state index in [0.717, 1.165) is 16.8 Å². The van der Waals surface area contributed by atoms with E-state index in [2.05, 4.69) is 4.99 Å². The number of halogens is 2. The van der Waals surface area contributed by atoms with Crippen LogP contribution in [0.1, 0.15) is 16.7 Å². The van der Waals surface area contributed by atoms with E-state index >= 15 is 0 Å². The Hall–Kier alpha value is -3.52. The number of aliphatic imine (C=N–C) groups is 1. The molecule has 5 rings (SSSR count). The summed E-state index contributed by atoms with van der Waals surface area (Å²) in [6.07, 6.45) is 1.59. The third kappa shape index (κ3) is 4.78. The topological polar surface area (TPSA) is 75.0 Å². The van der Waals surface area contributed by atoms with Gasteiger partial charge in [0.25, 0.3) is 5.91 Å². The van der Waals surface area contributed by atoms with Gasteiger partial charge in [-0.05, 0) is 47.0 Å². The third-order valence-electron chi connectivity index (χ3n) is 5.54. The van der Waals surface area contributed by atoms with Crippen LogP contribution in [0.15, 0.2) is 82.7 Å². The Kier molecular flexibility index (Phi) is 6.87. The third-order valence-corrected chi connectivity index (χ3v) is 6.90. The maximum absolute atomic E-state index is 12.8. The molecule has 6 nitrogen and oxygen atoms in total. The van der Waals surface area contributed by atoms with Crippen molar-refractivity contribution in [2.24, 2.45) is 4.99 Å². The SMILES string of the molecule is COc1cc(C=C2C(=N)N3C(c4ccccc4)=CSC3=NC2=O)cc(Cl)c1OCc1ccc(Cl)cc1. The fraction of sp³-hybridized carbons (Fsp3) is 0.0741. The Labute approximate surface area is 222 Å². The number of hydrogen-bond acceptors (Lipinski definition) is 5. The fourth-order valence-corrected chi connectivity index (χ4v) is 5.07. The van der Waals surface area contributed by atoms with Gasteiger partial charge in [0.15, 0.2) is 16.7 Å². The highest BCUT2D eigenvalue weighted by Crippen LogP contribution is 2.40. The van der Waals surface area contributed by atoms with Gasteiger partial charge in [0, 0.05) is 10.4 Å². The lowest BCUT2D eigenvalue weighted by molar-refractivity contribution is -0.114. The second-order valence-corrected chi connectivity index (χ2v) is 9.56. The molecule has 0 fully saturated rings. The van der Waals surface area contributed by atoms with E-state index in [1.807, 2.05) is 47.9 Å². The van der Waals surface area contributed by atoms with E-state index < -0.39 is 5.91 Å². The Morgan fingerprint density at radius 3 is 2.56 bits per heavy atom. The number of thioether (sulfide) groups is 1. The summed E-state index contributed by atoms with van der Waals surface area (Å²) < 4.78 is 11.4. The second-order valence-electron chi connectivity index (χ2n) is 7.88. The van der Waals surface area contributed by atoms with Gasteiger partial charge in [-0.25, -0.2) is 0 Å². The smallest absolute Gasteiger partial charge is 0.283 e. The van der Waals surface area contributed by atoms with Crippen LogP contribution in [0, 0.1) is 5.41 Å². The summed E-state index contributed by atoms with van der Waals surface area (Å²) >= 11 is 13.8. The van der Waals surface area contributed by atoms with Crippen molar-refractivity contribution < 1.29 is 14.3 Å². The van der Waals surface area contributed by atoms with Gasteiger partial charge in [0.1, 0.15) is 12.4 Å². The standard InChI is InChI=1S/C27H19Cl2N3O3S/c1-34-23-13-17(12-21(29)24(23)35-14-16-7-9-19(28)10-8-16)11-20-25(30)32-22(18-5-3-2-4-6-18)15-36-27(32)31-26(20)33/h2-13,15,30H,14H2,1H3. The number of hydrogen-bond donors (Lipinski definition) is 1. The van der Waals surface area contributed by atoms with Crippen LogP contribution in [-0.4, -0.2) is 28.9 Å².